The van der Waals surface area contributed by atoms with Gasteiger partial charge in [-0.3, -0.25) is 4.79 Å². The molecule has 4 heteroatoms. The predicted molar refractivity (Wildman–Crippen MR) is 70.4 cm³/mol. The normalized spacial score (nSPS) is 14.1. The summed E-state index contributed by atoms with van der Waals surface area (Å²) in [5, 5.41) is 9.27. The van der Waals surface area contributed by atoms with Gasteiger partial charge in [-0.2, -0.15) is 0 Å². The zero-order chi connectivity index (χ0) is 13.1. The van der Waals surface area contributed by atoms with E-state index in [0.717, 1.165) is 15.8 Å². The Bertz CT molecular complexity index is 417. The molecule has 1 atom stereocenters. The molecule has 94 valence electrons. The Balaban J connectivity index is 3.08. The number of ether oxygens (including phenoxy) is 1. The van der Waals surface area contributed by atoms with Crippen molar-refractivity contribution in [1.29, 1.82) is 0 Å². The highest BCUT2D eigenvalue weighted by atomic mass is 79.9. The summed E-state index contributed by atoms with van der Waals surface area (Å²) in [6, 6.07) is 5.64. The van der Waals surface area contributed by atoms with Crippen molar-refractivity contribution in [3.05, 3.63) is 28.2 Å². The van der Waals surface area contributed by atoms with Crippen molar-refractivity contribution >= 4 is 21.9 Å². The van der Waals surface area contributed by atoms with Crippen molar-refractivity contribution in [2.75, 3.05) is 7.11 Å². The molecule has 0 fully saturated rings. The predicted octanol–water partition coefficient (Wildman–Crippen LogP) is 3.50. The highest BCUT2D eigenvalue weighted by molar-refractivity contribution is 9.10. The van der Waals surface area contributed by atoms with Gasteiger partial charge in [0.1, 0.15) is 5.75 Å². The summed E-state index contributed by atoms with van der Waals surface area (Å²) in [5.74, 6) is -0.0452. The fourth-order valence-electron chi connectivity index (χ4n) is 1.66. The lowest BCUT2D eigenvalue weighted by Crippen LogP contribution is -2.29. The Morgan fingerprint density at radius 2 is 2.18 bits per heavy atom. The molecule has 0 aliphatic carbocycles. The van der Waals surface area contributed by atoms with Crippen LogP contribution < -0.4 is 4.74 Å². The van der Waals surface area contributed by atoms with Gasteiger partial charge in [0.25, 0.3) is 0 Å². The Kier molecular flexibility index (Phi) is 4.57. The van der Waals surface area contributed by atoms with Crippen LogP contribution in [0.5, 0.6) is 5.75 Å². The van der Waals surface area contributed by atoms with Crippen LogP contribution in [0.15, 0.2) is 22.7 Å². The lowest BCUT2D eigenvalue weighted by atomic mass is 9.81. The summed E-state index contributed by atoms with van der Waals surface area (Å²) in [7, 11) is 1.59. The van der Waals surface area contributed by atoms with Gasteiger partial charge in [-0.15, -0.1) is 0 Å². The van der Waals surface area contributed by atoms with E-state index in [1.165, 1.54) is 0 Å². The van der Waals surface area contributed by atoms with Crippen LogP contribution in [-0.2, 0) is 11.2 Å². The maximum absolute atomic E-state index is 11.3. The molecule has 1 rings (SSSR count). The minimum absolute atomic E-state index is 0.460. The SMILES string of the molecule is CCC(C)(Cc1cc(Br)ccc1OC)C(=O)O. The number of aliphatic carboxylic acids is 1. The third-order valence-electron chi connectivity index (χ3n) is 3.12. The summed E-state index contributed by atoms with van der Waals surface area (Å²) in [6.07, 6.45) is 1.04. The lowest BCUT2D eigenvalue weighted by molar-refractivity contribution is -0.148. The first-order valence-corrected chi connectivity index (χ1v) is 6.28. The summed E-state index contributed by atoms with van der Waals surface area (Å²) >= 11 is 3.39. The summed E-state index contributed by atoms with van der Waals surface area (Å²) < 4.78 is 6.18. The molecule has 0 heterocycles. The van der Waals surface area contributed by atoms with Crippen LogP contribution in [0.4, 0.5) is 0 Å². The molecule has 0 saturated carbocycles. The van der Waals surface area contributed by atoms with E-state index in [9.17, 15) is 9.90 Å². The first-order valence-electron chi connectivity index (χ1n) is 5.48. The van der Waals surface area contributed by atoms with Gasteiger partial charge in [-0.05, 0) is 43.5 Å². The molecule has 0 radical (unpaired) electrons. The molecule has 17 heavy (non-hydrogen) atoms. The van der Waals surface area contributed by atoms with E-state index < -0.39 is 11.4 Å². The fourth-order valence-corrected chi connectivity index (χ4v) is 2.07. The molecule has 0 saturated heterocycles. The molecule has 0 spiro atoms. The van der Waals surface area contributed by atoms with Gasteiger partial charge in [0.15, 0.2) is 0 Å². The number of rotatable bonds is 5. The van der Waals surface area contributed by atoms with Crippen molar-refractivity contribution < 1.29 is 14.6 Å². The Hall–Kier alpha value is -1.03. The van der Waals surface area contributed by atoms with Crippen molar-refractivity contribution in [2.45, 2.75) is 26.7 Å². The van der Waals surface area contributed by atoms with Crippen LogP contribution in [0, 0.1) is 5.41 Å². The maximum Gasteiger partial charge on any atom is 0.309 e. The topological polar surface area (TPSA) is 46.5 Å². The van der Waals surface area contributed by atoms with Crippen LogP contribution in [0.2, 0.25) is 0 Å². The van der Waals surface area contributed by atoms with Gasteiger partial charge >= 0.3 is 5.97 Å². The van der Waals surface area contributed by atoms with Gasteiger partial charge < -0.3 is 9.84 Å². The number of carboxylic acid groups (broad SMARTS) is 1. The smallest absolute Gasteiger partial charge is 0.309 e. The molecular formula is C13H17BrO3. The van der Waals surface area contributed by atoms with Crippen LogP contribution >= 0.6 is 15.9 Å². The van der Waals surface area contributed by atoms with E-state index >= 15 is 0 Å². The first-order chi connectivity index (χ1) is 7.92. The molecule has 1 unspecified atom stereocenters. The van der Waals surface area contributed by atoms with E-state index in [1.807, 2.05) is 25.1 Å². The minimum atomic E-state index is -0.776. The fraction of sp³-hybridized carbons (Fsp3) is 0.462. The number of carboxylic acids is 1. The second-order valence-electron chi connectivity index (χ2n) is 4.35. The number of methoxy groups -OCH3 is 1. The molecule has 0 aliphatic rings. The van der Waals surface area contributed by atoms with Gasteiger partial charge in [-0.25, -0.2) is 0 Å². The average molecular weight is 301 g/mol. The standard InChI is InChI=1S/C13H17BrO3/c1-4-13(2,12(15)16)8-9-7-10(14)5-6-11(9)17-3/h5-7H,4,8H2,1-3H3,(H,15,16). The largest absolute Gasteiger partial charge is 0.496 e. The van der Waals surface area contributed by atoms with Gasteiger partial charge in [0, 0.05) is 4.47 Å². The third-order valence-corrected chi connectivity index (χ3v) is 3.61. The number of halogens is 1. The average Bonchev–Trinajstić information content (AvgIpc) is 2.29. The van der Waals surface area contributed by atoms with Crippen molar-refractivity contribution in [1.82, 2.24) is 0 Å². The molecule has 1 N–H and O–H groups in total. The van der Waals surface area contributed by atoms with Gasteiger partial charge in [0.2, 0.25) is 0 Å². The lowest BCUT2D eigenvalue weighted by Gasteiger charge is -2.24. The van der Waals surface area contributed by atoms with Crippen LogP contribution in [-0.4, -0.2) is 18.2 Å². The number of carbonyl (C=O) groups is 1. The van der Waals surface area contributed by atoms with Gasteiger partial charge in [-0.1, -0.05) is 22.9 Å². The highest BCUT2D eigenvalue weighted by Gasteiger charge is 2.32. The molecule has 3 nitrogen and oxygen atoms in total. The van der Waals surface area contributed by atoms with E-state index in [-0.39, 0.29) is 0 Å². The van der Waals surface area contributed by atoms with E-state index in [4.69, 9.17) is 4.74 Å². The quantitative estimate of drug-likeness (QED) is 0.905. The van der Waals surface area contributed by atoms with E-state index in [2.05, 4.69) is 15.9 Å². The molecule has 0 aliphatic heterocycles. The number of hydrogen-bond acceptors (Lipinski definition) is 2. The minimum Gasteiger partial charge on any atom is -0.496 e. The third kappa shape index (κ3) is 3.22. The Morgan fingerprint density at radius 3 is 2.65 bits per heavy atom. The monoisotopic (exact) mass is 300 g/mol. The molecule has 0 aromatic heterocycles. The number of benzene rings is 1. The van der Waals surface area contributed by atoms with Crippen LogP contribution in [0.3, 0.4) is 0 Å². The molecule has 1 aromatic carbocycles. The summed E-state index contributed by atoms with van der Waals surface area (Å²) in [4.78, 5) is 11.3. The van der Waals surface area contributed by atoms with Crippen molar-refractivity contribution in [3.63, 3.8) is 0 Å². The zero-order valence-corrected chi connectivity index (χ0v) is 11.9. The zero-order valence-electron chi connectivity index (χ0n) is 10.3. The van der Waals surface area contributed by atoms with Crippen molar-refractivity contribution in [3.8, 4) is 5.75 Å². The Morgan fingerprint density at radius 1 is 1.53 bits per heavy atom. The van der Waals surface area contributed by atoms with E-state index in [1.54, 1.807) is 14.0 Å². The number of hydrogen-bond donors (Lipinski definition) is 1. The van der Waals surface area contributed by atoms with E-state index in [0.29, 0.717) is 12.8 Å². The molecular weight excluding hydrogens is 284 g/mol. The first kappa shape index (κ1) is 14.0. The van der Waals surface area contributed by atoms with Gasteiger partial charge in [0.05, 0.1) is 12.5 Å². The van der Waals surface area contributed by atoms with Crippen molar-refractivity contribution in [2.24, 2.45) is 5.41 Å². The molecule has 0 bridgehead atoms. The molecule has 0 amide bonds. The molecule has 1 aromatic rings. The maximum atomic E-state index is 11.3. The summed E-state index contributed by atoms with van der Waals surface area (Å²) in [5.41, 5.74) is 0.155. The second-order valence-corrected chi connectivity index (χ2v) is 5.27. The Labute approximate surface area is 110 Å². The summed E-state index contributed by atoms with van der Waals surface area (Å²) in [6.45, 7) is 3.65. The second kappa shape index (κ2) is 5.54. The van der Waals surface area contributed by atoms with Crippen LogP contribution in [0.1, 0.15) is 25.8 Å². The van der Waals surface area contributed by atoms with Crippen LogP contribution in [0.25, 0.3) is 0 Å². The highest BCUT2D eigenvalue weighted by Crippen LogP contribution is 2.32.